The highest BCUT2D eigenvalue weighted by Crippen LogP contribution is 2.21. The summed E-state index contributed by atoms with van der Waals surface area (Å²) in [6, 6.07) is 9.60. The fourth-order valence-electron chi connectivity index (χ4n) is 2.21. The normalized spacial score (nSPS) is 13.2. The molecule has 1 aromatic carbocycles. The van der Waals surface area contributed by atoms with Crippen molar-refractivity contribution < 1.29 is 0 Å². The van der Waals surface area contributed by atoms with Crippen LogP contribution in [0.3, 0.4) is 0 Å². The monoisotopic (exact) mass is 262 g/mol. The average Bonchev–Trinajstić information content (AvgIpc) is 2.39. The quantitative estimate of drug-likeness (QED) is 0.766. The Morgan fingerprint density at radius 2 is 1.63 bits per heavy atom. The van der Waals surface area contributed by atoms with Crippen molar-refractivity contribution in [1.82, 2.24) is 10.2 Å². The molecular formula is C17H30N2. The number of nitrogens with one attached hydrogen (secondary N) is 1. The Balaban J connectivity index is 2.71. The molecule has 0 radical (unpaired) electrons. The van der Waals surface area contributed by atoms with Crippen molar-refractivity contribution >= 4 is 0 Å². The van der Waals surface area contributed by atoms with Gasteiger partial charge in [-0.15, -0.1) is 0 Å². The van der Waals surface area contributed by atoms with E-state index in [1.54, 1.807) is 0 Å². The molecule has 0 saturated heterocycles. The third kappa shape index (κ3) is 5.75. The van der Waals surface area contributed by atoms with Crippen LogP contribution in [0.5, 0.6) is 0 Å². The van der Waals surface area contributed by atoms with Crippen LogP contribution in [0.1, 0.15) is 56.7 Å². The molecule has 0 aliphatic carbocycles. The van der Waals surface area contributed by atoms with Crippen LogP contribution in [0.2, 0.25) is 0 Å². The summed E-state index contributed by atoms with van der Waals surface area (Å²) in [5, 5.41) is 3.66. The van der Waals surface area contributed by atoms with E-state index in [1.165, 1.54) is 17.5 Å². The van der Waals surface area contributed by atoms with Gasteiger partial charge in [0.25, 0.3) is 0 Å². The van der Waals surface area contributed by atoms with Gasteiger partial charge in [0.15, 0.2) is 0 Å². The van der Waals surface area contributed by atoms with Crippen LogP contribution >= 0.6 is 0 Å². The van der Waals surface area contributed by atoms with Gasteiger partial charge in [-0.05, 0) is 57.1 Å². The third-order valence-corrected chi connectivity index (χ3v) is 3.51. The van der Waals surface area contributed by atoms with Gasteiger partial charge in [0, 0.05) is 6.04 Å². The predicted octanol–water partition coefficient (Wildman–Crippen LogP) is 3.80. The maximum Gasteiger partial charge on any atom is 0.0332 e. The van der Waals surface area contributed by atoms with Crippen LogP contribution in [0.15, 0.2) is 24.3 Å². The third-order valence-electron chi connectivity index (χ3n) is 3.51. The van der Waals surface area contributed by atoms with Crippen LogP contribution in [-0.2, 0) is 0 Å². The van der Waals surface area contributed by atoms with Crippen molar-refractivity contribution in [2.75, 3.05) is 27.2 Å². The molecule has 0 aliphatic heterocycles. The lowest BCUT2D eigenvalue weighted by atomic mass is 9.97. The molecule has 1 aromatic rings. The molecule has 0 amide bonds. The molecular weight excluding hydrogens is 232 g/mol. The second-order valence-electron chi connectivity index (χ2n) is 5.92. The van der Waals surface area contributed by atoms with Crippen LogP contribution < -0.4 is 5.32 Å². The Labute approximate surface area is 119 Å². The summed E-state index contributed by atoms with van der Waals surface area (Å²) in [4.78, 5) is 2.25. The zero-order valence-corrected chi connectivity index (χ0v) is 13.2. The lowest BCUT2D eigenvalue weighted by Gasteiger charge is -2.21. The van der Waals surface area contributed by atoms with Crippen molar-refractivity contribution in [3.05, 3.63) is 35.4 Å². The van der Waals surface area contributed by atoms with Gasteiger partial charge in [0.2, 0.25) is 0 Å². The SMILES string of the molecule is CCCNC(CCN(C)C)c1ccc(C(C)C)cc1. The molecule has 0 fully saturated rings. The summed E-state index contributed by atoms with van der Waals surface area (Å²) in [5.41, 5.74) is 2.84. The Morgan fingerprint density at radius 3 is 2.11 bits per heavy atom. The molecule has 0 bridgehead atoms. The molecule has 0 aromatic heterocycles. The van der Waals surface area contributed by atoms with E-state index in [4.69, 9.17) is 0 Å². The van der Waals surface area contributed by atoms with Gasteiger partial charge in [-0.1, -0.05) is 45.0 Å². The van der Waals surface area contributed by atoms with E-state index in [0.717, 1.165) is 19.5 Å². The van der Waals surface area contributed by atoms with Crippen molar-refractivity contribution in [3.8, 4) is 0 Å². The smallest absolute Gasteiger partial charge is 0.0332 e. The Hall–Kier alpha value is -0.860. The van der Waals surface area contributed by atoms with Crippen LogP contribution in [0, 0.1) is 0 Å². The van der Waals surface area contributed by atoms with Crippen LogP contribution in [0.4, 0.5) is 0 Å². The molecule has 0 aliphatic rings. The van der Waals surface area contributed by atoms with Crippen molar-refractivity contribution in [3.63, 3.8) is 0 Å². The lowest BCUT2D eigenvalue weighted by molar-refractivity contribution is 0.361. The molecule has 1 rings (SSSR count). The van der Waals surface area contributed by atoms with Gasteiger partial charge >= 0.3 is 0 Å². The largest absolute Gasteiger partial charge is 0.310 e. The average molecular weight is 262 g/mol. The summed E-state index contributed by atoms with van der Waals surface area (Å²) in [6.07, 6.45) is 2.34. The Morgan fingerprint density at radius 1 is 1.05 bits per heavy atom. The maximum absolute atomic E-state index is 3.66. The molecule has 0 saturated carbocycles. The first-order valence-electron chi connectivity index (χ1n) is 7.52. The molecule has 0 spiro atoms. The summed E-state index contributed by atoms with van der Waals surface area (Å²) in [5.74, 6) is 0.609. The predicted molar refractivity (Wildman–Crippen MR) is 84.7 cm³/mol. The minimum atomic E-state index is 0.476. The van der Waals surface area contributed by atoms with E-state index in [2.05, 4.69) is 69.3 Å². The molecule has 2 nitrogen and oxygen atoms in total. The zero-order valence-electron chi connectivity index (χ0n) is 13.2. The maximum atomic E-state index is 3.66. The van der Waals surface area contributed by atoms with E-state index in [0.29, 0.717) is 12.0 Å². The second kappa shape index (κ2) is 8.34. The van der Waals surface area contributed by atoms with E-state index in [9.17, 15) is 0 Å². The minimum Gasteiger partial charge on any atom is -0.310 e. The molecule has 108 valence electrons. The van der Waals surface area contributed by atoms with Gasteiger partial charge in [-0.2, -0.15) is 0 Å². The van der Waals surface area contributed by atoms with Crippen molar-refractivity contribution in [2.24, 2.45) is 0 Å². The topological polar surface area (TPSA) is 15.3 Å². The fourth-order valence-corrected chi connectivity index (χ4v) is 2.21. The molecule has 1 atom stereocenters. The van der Waals surface area contributed by atoms with E-state index in [1.807, 2.05) is 0 Å². The van der Waals surface area contributed by atoms with Crippen molar-refractivity contribution in [1.29, 1.82) is 0 Å². The fraction of sp³-hybridized carbons (Fsp3) is 0.647. The van der Waals surface area contributed by atoms with Gasteiger partial charge < -0.3 is 10.2 Å². The molecule has 1 unspecified atom stereocenters. The first-order valence-corrected chi connectivity index (χ1v) is 7.52. The number of hydrogen-bond acceptors (Lipinski definition) is 2. The minimum absolute atomic E-state index is 0.476. The number of rotatable bonds is 8. The standard InChI is InChI=1S/C17H30N2/c1-6-12-18-17(11-13-19(4)5)16-9-7-15(8-10-16)14(2)3/h7-10,14,17-18H,6,11-13H2,1-5H3. The Bertz CT molecular complexity index is 341. The molecule has 0 heterocycles. The number of benzene rings is 1. The zero-order chi connectivity index (χ0) is 14.3. The van der Waals surface area contributed by atoms with Gasteiger partial charge in [-0.3, -0.25) is 0 Å². The highest BCUT2D eigenvalue weighted by molar-refractivity contribution is 5.26. The molecule has 1 N–H and O–H groups in total. The first-order chi connectivity index (χ1) is 9.04. The highest BCUT2D eigenvalue weighted by atomic mass is 15.1. The summed E-state index contributed by atoms with van der Waals surface area (Å²) < 4.78 is 0. The molecule has 2 heteroatoms. The summed E-state index contributed by atoms with van der Waals surface area (Å²) in [6.45, 7) is 8.91. The van der Waals surface area contributed by atoms with Gasteiger partial charge in [0.05, 0.1) is 0 Å². The van der Waals surface area contributed by atoms with E-state index >= 15 is 0 Å². The Kier molecular flexibility index (Phi) is 7.11. The number of nitrogens with zero attached hydrogens (tertiary/aromatic N) is 1. The van der Waals surface area contributed by atoms with E-state index in [-0.39, 0.29) is 0 Å². The van der Waals surface area contributed by atoms with Crippen molar-refractivity contribution in [2.45, 2.75) is 45.6 Å². The second-order valence-corrected chi connectivity index (χ2v) is 5.92. The number of hydrogen-bond donors (Lipinski definition) is 1. The van der Waals surface area contributed by atoms with Gasteiger partial charge in [-0.25, -0.2) is 0 Å². The molecule has 19 heavy (non-hydrogen) atoms. The summed E-state index contributed by atoms with van der Waals surface area (Å²) in [7, 11) is 4.28. The van der Waals surface area contributed by atoms with E-state index < -0.39 is 0 Å². The van der Waals surface area contributed by atoms with Crippen LogP contribution in [0.25, 0.3) is 0 Å². The summed E-state index contributed by atoms with van der Waals surface area (Å²) >= 11 is 0. The first kappa shape index (κ1) is 16.2. The van der Waals surface area contributed by atoms with Crippen LogP contribution in [-0.4, -0.2) is 32.1 Å². The highest BCUT2D eigenvalue weighted by Gasteiger charge is 2.11. The lowest BCUT2D eigenvalue weighted by Crippen LogP contribution is -2.26. The van der Waals surface area contributed by atoms with Gasteiger partial charge in [0.1, 0.15) is 0 Å².